The quantitative estimate of drug-likeness (QED) is 0.658. The Morgan fingerprint density at radius 2 is 2.07 bits per heavy atom. The molecule has 14 heavy (non-hydrogen) atoms. The van der Waals surface area contributed by atoms with Crippen LogP contribution in [0.15, 0.2) is 0 Å². The van der Waals surface area contributed by atoms with Crippen molar-refractivity contribution in [2.45, 2.75) is 39.2 Å². The van der Waals surface area contributed by atoms with Gasteiger partial charge in [0, 0.05) is 11.5 Å². The Balaban J connectivity index is 2.13. The van der Waals surface area contributed by atoms with Crippen molar-refractivity contribution in [3.8, 4) is 0 Å². The smallest absolute Gasteiger partial charge is 0.212 e. The molecule has 0 aromatic heterocycles. The van der Waals surface area contributed by atoms with E-state index in [4.69, 9.17) is 0 Å². The third-order valence-electron chi connectivity index (χ3n) is 5.20. The third kappa shape index (κ3) is 0.807. The van der Waals surface area contributed by atoms with E-state index in [9.17, 15) is 8.42 Å². The fourth-order valence-electron chi connectivity index (χ4n) is 4.18. The summed E-state index contributed by atoms with van der Waals surface area (Å²) >= 11 is 0. The van der Waals surface area contributed by atoms with E-state index in [0.717, 1.165) is 18.8 Å². The second kappa shape index (κ2) is 2.19. The van der Waals surface area contributed by atoms with Crippen molar-refractivity contribution in [1.82, 2.24) is 4.72 Å². The monoisotopic (exact) mass is 215 g/mol. The highest BCUT2D eigenvalue weighted by Gasteiger charge is 2.68. The summed E-state index contributed by atoms with van der Waals surface area (Å²) in [5, 5.41) is 0. The molecular formula is C10H17NO2S. The molecule has 0 aromatic rings. The van der Waals surface area contributed by atoms with E-state index in [0.29, 0.717) is 5.75 Å². The lowest BCUT2D eigenvalue weighted by atomic mass is 9.69. The van der Waals surface area contributed by atoms with Crippen LogP contribution in [0, 0.1) is 16.7 Å². The van der Waals surface area contributed by atoms with Gasteiger partial charge in [0.2, 0.25) is 10.0 Å². The molecule has 3 fully saturated rings. The van der Waals surface area contributed by atoms with Crippen LogP contribution in [-0.4, -0.2) is 20.2 Å². The van der Waals surface area contributed by atoms with Crippen molar-refractivity contribution in [1.29, 1.82) is 0 Å². The molecule has 1 aliphatic heterocycles. The average molecular weight is 215 g/mol. The highest BCUT2D eigenvalue weighted by Crippen LogP contribution is 2.67. The van der Waals surface area contributed by atoms with E-state index < -0.39 is 10.0 Å². The molecule has 1 heterocycles. The Kier molecular flexibility index (Phi) is 1.43. The Labute approximate surface area is 85.3 Å². The first-order valence-corrected chi connectivity index (χ1v) is 7.03. The van der Waals surface area contributed by atoms with Gasteiger partial charge in [0.15, 0.2) is 0 Å². The number of sulfonamides is 1. The summed E-state index contributed by atoms with van der Waals surface area (Å²) in [5.41, 5.74) is 0.269. The van der Waals surface area contributed by atoms with Crippen LogP contribution in [0.3, 0.4) is 0 Å². The van der Waals surface area contributed by atoms with Crippen LogP contribution < -0.4 is 4.72 Å². The minimum Gasteiger partial charge on any atom is -0.212 e. The summed E-state index contributed by atoms with van der Waals surface area (Å²) < 4.78 is 26.0. The minimum absolute atomic E-state index is 0.0521. The van der Waals surface area contributed by atoms with E-state index >= 15 is 0 Å². The number of hydrogen-bond donors (Lipinski definition) is 1. The van der Waals surface area contributed by atoms with Crippen LogP contribution in [-0.2, 0) is 10.0 Å². The van der Waals surface area contributed by atoms with Crippen LogP contribution in [0.1, 0.15) is 33.1 Å². The zero-order chi connectivity index (χ0) is 10.2. The van der Waals surface area contributed by atoms with E-state index in [1.54, 1.807) is 0 Å². The molecule has 3 rings (SSSR count). The lowest BCUT2D eigenvalue weighted by molar-refractivity contribution is 0.146. The normalized spacial score (nSPS) is 52.1. The largest absolute Gasteiger partial charge is 0.212 e. The summed E-state index contributed by atoms with van der Waals surface area (Å²) in [6, 6.07) is 0.237. The molecule has 4 heteroatoms. The van der Waals surface area contributed by atoms with E-state index in [2.05, 4.69) is 18.6 Å². The van der Waals surface area contributed by atoms with Gasteiger partial charge < -0.3 is 0 Å². The van der Waals surface area contributed by atoms with Crippen molar-refractivity contribution in [3.63, 3.8) is 0 Å². The number of hydrogen-bond acceptors (Lipinski definition) is 2. The predicted octanol–water partition coefficient (Wildman–Crippen LogP) is 1.11. The van der Waals surface area contributed by atoms with Crippen molar-refractivity contribution in [2.24, 2.45) is 16.7 Å². The van der Waals surface area contributed by atoms with Gasteiger partial charge in [-0.05, 0) is 30.6 Å². The fourth-order valence-corrected chi connectivity index (χ4v) is 6.42. The zero-order valence-corrected chi connectivity index (χ0v) is 9.52. The SMILES string of the molecule is CC1(C)C2CC[C@]13CS(=O)(=O)NC3C2. The Bertz CT molecular complexity index is 387. The minimum atomic E-state index is -2.97. The topological polar surface area (TPSA) is 46.2 Å². The molecule has 0 radical (unpaired) electrons. The summed E-state index contributed by atoms with van der Waals surface area (Å²) in [5.74, 6) is 1.10. The van der Waals surface area contributed by atoms with Gasteiger partial charge in [0.25, 0.3) is 0 Å². The lowest BCUT2D eigenvalue weighted by Crippen LogP contribution is -2.39. The highest BCUT2D eigenvalue weighted by atomic mass is 32.2. The highest BCUT2D eigenvalue weighted by molar-refractivity contribution is 7.89. The molecule has 2 unspecified atom stereocenters. The maximum Gasteiger partial charge on any atom is 0.212 e. The van der Waals surface area contributed by atoms with Gasteiger partial charge in [0.05, 0.1) is 5.75 Å². The molecule has 2 bridgehead atoms. The molecule has 1 saturated heterocycles. The Morgan fingerprint density at radius 3 is 2.64 bits per heavy atom. The summed E-state index contributed by atoms with van der Waals surface area (Å²) in [6.45, 7) is 4.51. The van der Waals surface area contributed by atoms with Gasteiger partial charge in [-0.25, -0.2) is 13.1 Å². The van der Waals surface area contributed by atoms with Crippen molar-refractivity contribution >= 4 is 10.0 Å². The average Bonchev–Trinajstić information content (AvgIpc) is 2.50. The third-order valence-corrected chi connectivity index (χ3v) is 6.74. The van der Waals surface area contributed by atoms with Crippen molar-refractivity contribution in [2.75, 3.05) is 5.75 Å². The summed E-state index contributed by atoms with van der Waals surface area (Å²) in [7, 11) is -2.97. The fraction of sp³-hybridized carbons (Fsp3) is 1.00. The molecule has 2 aliphatic carbocycles. The molecule has 3 aliphatic rings. The number of fused-ring (bicyclic) bond motifs is 1. The molecule has 0 aromatic carbocycles. The predicted molar refractivity (Wildman–Crippen MR) is 54.3 cm³/mol. The van der Waals surface area contributed by atoms with Crippen molar-refractivity contribution < 1.29 is 8.42 Å². The van der Waals surface area contributed by atoms with Gasteiger partial charge >= 0.3 is 0 Å². The van der Waals surface area contributed by atoms with Crippen LogP contribution in [0.5, 0.6) is 0 Å². The van der Waals surface area contributed by atoms with Gasteiger partial charge in [-0.1, -0.05) is 13.8 Å². The molecule has 0 amide bonds. The first kappa shape index (κ1) is 9.16. The van der Waals surface area contributed by atoms with Crippen LogP contribution >= 0.6 is 0 Å². The molecule has 80 valence electrons. The first-order chi connectivity index (χ1) is 6.37. The standard InChI is InChI=1S/C10H17NO2S/c1-9(2)7-3-4-10(9)6-14(12,13)11-8(10)5-7/h7-8,11H,3-6H2,1-2H3/t7?,8?,10-/m1/s1. The van der Waals surface area contributed by atoms with E-state index in [1.165, 1.54) is 6.42 Å². The van der Waals surface area contributed by atoms with Crippen molar-refractivity contribution in [3.05, 3.63) is 0 Å². The van der Waals surface area contributed by atoms with Gasteiger partial charge in [0.1, 0.15) is 0 Å². The second-order valence-corrected chi connectivity index (χ2v) is 7.53. The summed E-state index contributed by atoms with van der Waals surface area (Å²) in [6.07, 6.45) is 3.38. The van der Waals surface area contributed by atoms with Gasteiger partial charge in [-0.15, -0.1) is 0 Å². The number of nitrogens with one attached hydrogen (secondary N) is 1. The van der Waals surface area contributed by atoms with E-state index in [-0.39, 0.29) is 16.9 Å². The molecule has 3 atom stereocenters. The molecule has 1 spiro atoms. The molecule has 1 N–H and O–H groups in total. The molecule has 3 nitrogen and oxygen atoms in total. The Hall–Kier alpha value is -0.0900. The van der Waals surface area contributed by atoms with Gasteiger partial charge in [-0.3, -0.25) is 0 Å². The first-order valence-electron chi connectivity index (χ1n) is 5.37. The molecule has 2 saturated carbocycles. The van der Waals surface area contributed by atoms with Crippen LogP contribution in [0.25, 0.3) is 0 Å². The van der Waals surface area contributed by atoms with Crippen LogP contribution in [0.4, 0.5) is 0 Å². The maximum absolute atomic E-state index is 11.6. The molecular weight excluding hydrogens is 198 g/mol. The Morgan fingerprint density at radius 1 is 1.36 bits per heavy atom. The lowest BCUT2D eigenvalue weighted by Gasteiger charge is -2.36. The number of rotatable bonds is 0. The van der Waals surface area contributed by atoms with Crippen LogP contribution in [0.2, 0.25) is 0 Å². The van der Waals surface area contributed by atoms with E-state index in [1.807, 2.05) is 0 Å². The zero-order valence-electron chi connectivity index (χ0n) is 8.71. The maximum atomic E-state index is 11.6. The van der Waals surface area contributed by atoms with Gasteiger partial charge in [-0.2, -0.15) is 0 Å². The second-order valence-electron chi connectivity index (χ2n) is 5.78. The summed E-state index contributed by atoms with van der Waals surface area (Å²) in [4.78, 5) is 0.